The summed E-state index contributed by atoms with van der Waals surface area (Å²) in [6.07, 6.45) is 3.18. The van der Waals surface area contributed by atoms with Gasteiger partial charge in [-0.2, -0.15) is 5.10 Å². The highest BCUT2D eigenvalue weighted by Crippen LogP contribution is 2.09. The van der Waals surface area contributed by atoms with Crippen molar-refractivity contribution < 1.29 is 9.90 Å². The first kappa shape index (κ1) is 14.6. The van der Waals surface area contributed by atoms with Gasteiger partial charge in [0.1, 0.15) is 0 Å². The summed E-state index contributed by atoms with van der Waals surface area (Å²) >= 11 is 5.04. The molecular formula is C14H11N4O2S-. The average molecular weight is 299 g/mol. The van der Waals surface area contributed by atoms with Gasteiger partial charge >= 0.3 is 0 Å². The van der Waals surface area contributed by atoms with Crippen LogP contribution in [0.3, 0.4) is 0 Å². The molecule has 0 spiro atoms. The van der Waals surface area contributed by atoms with Gasteiger partial charge in [0.25, 0.3) is 0 Å². The number of hydrogen-bond donors (Lipinski definition) is 2. The summed E-state index contributed by atoms with van der Waals surface area (Å²) in [6.45, 7) is 0. The minimum Gasteiger partial charge on any atom is -0.545 e. The van der Waals surface area contributed by atoms with Gasteiger partial charge in [0.2, 0.25) is 0 Å². The van der Waals surface area contributed by atoms with Crippen LogP contribution in [0.15, 0.2) is 53.8 Å². The van der Waals surface area contributed by atoms with E-state index in [2.05, 4.69) is 20.8 Å². The average Bonchev–Trinajstić information content (AvgIpc) is 2.48. The van der Waals surface area contributed by atoms with E-state index in [1.54, 1.807) is 30.5 Å². The van der Waals surface area contributed by atoms with Crippen LogP contribution in [0.25, 0.3) is 0 Å². The Morgan fingerprint density at radius 2 is 2.14 bits per heavy atom. The molecule has 2 aromatic rings. The lowest BCUT2D eigenvalue weighted by Gasteiger charge is -2.09. The number of benzene rings is 1. The molecule has 0 atom stereocenters. The van der Waals surface area contributed by atoms with Crippen LogP contribution >= 0.6 is 12.2 Å². The lowest BCUT2D eigenvalue weighted by molar-refractivity contribution is -0.255. The first-order valence-corrected chi connectivity index (χ1v) is 6.38. The second-order valence-corrected chi connectivity index (χ2v) is 4.36. The van der Waals surface area contributed by atoms with Crippen molar-refractivity contribution in [2.75, 3.05) is 5.32 Å². The fourth-order valence-corrected chi connectivity index (χ4v) is 1.66. The summed E-state index contributed by atoms with van der Waals surface area (Å²) in [5.41, 5.74) is 3.90. The molecule has 0 radical (unpaired) electrons. The molecule has 0 fully saturated rings. The van der Waals surface area contributed by atoms with E-state index in [1.165, 1.54) is 18.3 Å². The number of carbonyl (C=O) groups is 1. The predicted octanol–water partition coefficient (Wildman–Crippen LogP) is 0.766. The van der Waals surface area contributed by atoms with Gasteiger partial charge < -0.3 is 15.2 Å². The van der Waals surface area contributed by atoms with Crippen molar-refractivity contribution in [2.24, 2.45) is 5.10 Å². The summed E-state index contributed by atoms with van der Waals surface area (Å²) in [5, 5.41) is 17.7. The highest BCUT2D eigenvalue weighted by Gasteiger charge is 1.98. The SMILES string of the molecule is O=C([O-])c1cccc(NC(=S)NN=Cc2ccccn2)c1. The molecule has 1 heterocycles. The number of nitrogens with zero attached hydrogens (tertiary/aromatic N) is 2. The molecule has 0 amide bonds. The van der Waals surface area contributed by atoms with E-state index >= 15 is 0 Å². The van der Waals surface area contributed by atoms with E-state index in [9.17, 15) is 9.90 Å². The van der Waals surface area contributed by atoms with E-state index in [0.717, 1.165) is 0 Å². The highest BCUT2D eigenvalue weighted by molar-refractivity contribution is 7.80. The second kappa shape index (κ2) is 7.11. The van der Waals surface area contributed by atoms with Crippen LogP contribution in [0.2, 0.25) is 0 Å². The standard InChI is InChI=1S/C14H12N4O2S/c19-13(20)10-4-3-6-11(8-10)17-14(21)18-16-9-12-5-1-2-7-15-12/h1-9H,(H,19,20)(H2,17,18,21)/p-1. The first-order valence-electron chi connectivity index (χ1n) is 5.97. The molecule has 0 saturated carbocycles. The van der Waals surface area contributed by atoms with Crippen molar-refractivity contribution >= 4 is 35.2 Å². The Morgan fingerprint density at radius 1 is 1.29 bits per heavy atom. The third-order valence-electron chi connectivity index (χ3n) is 2.41. The van der Waals surface area contributed by atoms with Crippen molar-refractivity contribution in [3.8, 4) is 0 Å². The molecule has 0 aliphatic rings. The molecule has 0 unspecified atom stereocenters. The van der Waals surface area contributed by atoms with Gasteiger partial charge in [-0.25, -0.2) is 0 Å². The molecule has 1 aromatic carbocycles. The minimum absolute atomic E-state index is 0.0692. The Bertz CT molecular complexity index is 674. The summed E-state index contributed by atoms with van der Waals surface area (Å²) in [5.74, 6) is -1.24. The fourth-order valence-electron chi connectivity index (χ4n) is 1.49. The lowest BCUT2D eigenvalue weighted by Crippen LogP contribution is -2.25. The Balaban J connectivity index is 1.91. The molecule has 6 nitrogen and oxygen atoms in total. The molecule has 1 aromatic heterocycles. The number of aromatic nitrogens is 1. The van der Waals surface area contributed by atoms with Gasteiger partial charge in [-0.1, -0.05) is 18.2 Å². The maximum absolute atomic E-state index is 10.8. The van der Waals surface area contributed by atoms with Gasteiger partial charge in [-0.15, -0.1) is 0 Å². The van der Waals surface area contributed by atoms with Crippen LogP contribution in [0.5, 0.6) is 0 Å². The number of hydrazone groups is 1. The molecular weight excluding hydrogens is 288 g/mol. The Labute approximate surface area is 126 Å². The van der Waals surface area contributed by atoms with Crippen LogP contribution < -0.4 is 15.8 Å². The predicted molar refractivity (Wildman–Crippen MR) is 82.0 cm³/mol. The molecule has 0 aliphatic heterocycles. The number of carbonyl (C=O) groups excluding carboxylic acids is 1. The maximum atomic E-state index is 10.8. The number of anilines is 1. The lowest BCUT2D eigenvalue weighted by atomic mass is 10.2. The van der Waals surface area contributed by atoms with E-state index in [0.29, 0.717) is 11.4 Å². The van der Waals surface area contributed by atoms with Crippen molar-refractivity contribution in [1.29, 1.82) is 0 Å². The number of pyridine rings is 1. The van der Waals surface area contributed by atoms with E-state index in [4.69, 9.17) is 12.2 Å². The van der Waals surface area contributed by atoms with E-state index < -0.39 is 5.97 Å². The molecule has 2 rings (SSSR count). The largest absolute Gasteiger partial charge is 0.545 e. The van der Waals surface area contributed by atoms with Crippen LogP contribution in [-0.4, -0.2) is 22.3 Å². The van der Waals surface area contributed by atoms with Crippen LogP contribution in [0.4, 0.5) is 5.69 Å². The molecule has 106 valence electrons. The van der Waals surface area contributed by atoms with Crippen molar-refractivity contribution in [1.82, 2.24) is 10.4 Å². The Morgan fingerprint density at radius 3 is 2.86 bits per heavy atom. The van der Waals surface area contributed by atoms with Gasteiger partial charge in [0.15, 0.2) is 5.11 Å². The maximum Gasteiger partial charge on any atom is 0.191 e. The summed E-state index contributed by atoms with van der Waals surface area (Å²) < 4.78 is 0. The van der Waals surface area contributed by atoms with Gasteiger partial charge in [-0.05, 0) is 42.0 Å². The van der Waals surface area contributed by atoms with Crippen LogP contribution in [0, 0.1) is 0 Å². The topological polar surface area (TPSA) is 89.4 Å². The number of carboxylic acid groups (broad SMARTS) is 1. The minimum atomic E-state index is -1.24. The summed E-state index contributed by atoms with van der Waals surface area (Å²) in [6, 6.07) is 11.6. The van der Waals surface area contributed by atoms with E-state index in [-0.39, 0.29) is 10.7 Å². The number of nitrogens with one attached hydrogen (secondary N) is 2. The van der Waals surface area contributed by atoms with E-state index in [1.807, 2.05) is 6.07 Å². The quantitative estimate of drug-likeness (QED) is 0.492. The molecule has 2 N–H and O–H groups in total. The third kappa shape index (κ3) is 4.66. The summed E-state index contributed by atoms with van der Waals surface area (Å²) in [4.78, 5) is 14.8. The number of carboxylic acids is 1. The zero-order valence-electron chi connectivity index (χ0n) is 10.8. The third-order valence-corrected chi connectivity index (χ3v) is 2.60. The molecule has 0 saturated heterocycles. The molecule has 0 bridgehead atoms. The van der Waals surface area contributed by atoms with Crippen LogP contribution in [-0.2, 0) is 0 Å². The van der Waals surface area contributed by atoms with Crippen molar-refractivity contribution in [3.05, 3.63) is 59.9 Å². The zero-order chi connectivity index (χ0) is 15.1. The molecule has 21 heavy (non-hydrogen) atoms. The normalized spacial score (nSPS) is 10.3. The summed E-state index contributed by atoms with van der Waals surface area (Å²) in [7, 11) is 0. The molecule has 0 aliphatic carbocycles. The van der Waals surface area contributed by atoms with Gasteiger partial charge in [-0.3, -0.25) is 10.4 Å². The molecule has 7 heteroatoms. The number of rotatable bonds is 4. The Hall–Kier alpha value is -2.80. The zero-order valence-corrected chi connectivity index (χ0v) is 11.6. The fraction of sp³-hybridized carbons (Fsp3) is 0. The first-order chi connectivity index (χ1) is 10.1. The van der Waals surface area contributed by atoms with Crippen LogP contribution in [0.1, 0.15) is 16.1 Å². The number of thiocarbonyl (C=S) groups is 1. The monoisotopic (exact) mass is 299 g/mol. The van der Waals surface area contributed by atoms with Gasteiger partial charge in [0.05, 0.1) is 17.9 Å². The van der Waals surface area contributed by atoms with Crippen molar-refractivity contribution in [3.63, 3.8) is 0 Å². The second-order valence-electron chi connectivity index (χ2n) is 3.95. The highest BCUT2D eigenvalue weighted by atomic mass is 32.1. The van der Waals surface area contributed by atoms with Crippen molar-refractivity contribution in [2.45, 2.75) is 0 Å². The Kier molecular flexibility index (Phi) is 4.94. The van der Waals surface area contributed by atoms with Gasteiger partial charge in [0, 0.05) is 11.9 Å². The number of aromatic carboxylic acids is 1. The smallest absolute Gasteiger partial charge is 0.191 e. The number of hydrogen-bond acceptors (Lipinski definition) is 5.